The summed E-state index contributed by atoms with van der Waals surface area (Å²) in [6.45, 7) is 5.14. The summed E-state index contributed by atoms with van der Waals surface area (Å²) < 4.78 is 31.6. The van der Waals surface area contributed by atoms with Crippen LogP contribution in [-0.4, -0.2) is 69.3 Å². The largest absolute Gasteiger partial charge is 0.481 e. The second kappa shape index (κ2) is 11.4. The average molecular weight is 497 g/mol. The van der Waals surface area contributed by atoms with Gasteiger partial charge in [0.2, 0.25) is 11.8 Å². The number of nitrogens with one attached hydrogen (secondary N) is 1. The predicted octanol–water partition coefficient (Wildman–Crippen LogP) is -0.0567. The SMILES string of the molecule is CCC(CC(CC(C)(C(=O)O)C(CC(=O)O)C(=O)O)C(=O)NC(C)(C)CS(=O)(=O)O)C(N)=O. The first-order valence-electron chi connectivity index (χ1n) is 10.00. The Kier molecular flexibility index (Phi) is 10.5. The van der Waals surface area contributed by atoms with Crippen molar-refractivity contribution in [3.8, 4) is 0 Å². The minimum Gasteiger partial charge on any atom is -0.481 e. The van der Waals surface area contributed by atoms with Crippen LogP contribution in [0.3, 0.4) is 0 Å². The first-order valence-corrected chi connectivity index (χ1v) is 11.6. The Bertz CT molecular complexity index is 884. The van der Waals surface area contributed by atoms with Crippen molar-refractivity contribution in [2.45, 2.75) is 58.9 Å². The molecule has 0 heterocycles. The van der Waals surface area contributed by atoms with Gasteiger partial charge in [-0.2, -0.15) is 8.42 Å². The number of carbonyl (C=O) groups excluding carboxylic acids is 2. The van der Waals surface area contributed by atoms with Gasteiger partial charge in [0.25, 0.3) is 10.1 Å². The Morgan fingerprint density at radius 3 is 1.85 bits per heavy atom. The highest BCUT2D eigenvalue weighted by Crippen LogP contribution is 2.39. The zero-order valence-corrected chi connectivity index (χ0v) is 19.7. The molecule has 33 heavy (non-hydrogen) atoms. The van der Waals surface area contributed by atoms with Gasteiger partial charge in [-0.05, 0) is 40.0 Å². The number of carboxylic acids is 3. The number of hydrogen-bond donors (Lipinski definition) is 6. The number of carboxylic acid groups (broad SMARTS) is 3. The van der Waals surface area contributed by atoms with Crippen molar-refractivity contribution in [1.82, 2.24) is 5.32 Å². The Morgan fingerprint density at radius 1 is 1.00 bits per heavy atom. The van der Waals surface area contributed by atoms with Crippen LogP contribution in [0.25, 0.3) is 0 Å². The quantitative estimate of drug-likeness (QED) is 0.164. The third-order valence-electron chi connectivity index (χ3n) is 5.44. The Labute approximate surface area is 191 Å². The van der Waals surface area contributed by atoms with Gasteiger partial charge >= 0.3 is 17.9 Å². The van der Waals surface area contributed by atoms with Gasteiger partial charge < -0.3 is 26.4 Å². The van der Waals surface area contributed by atoms with Crippen LogP contribution >= 0.6 is 0 Å². The highest BCUT2D eigenvalue weighted by atomic mass is 32.2. The van der Waals surface area contributed by atoms with Crippen LogP contribution in [-0.2, 0) is 34.1 Å². The van der Waals surface area contributed by atoms with Crippen molar-refractivity contribution in [1.29, 1.82) is 0 Å². The van der Waals surface area contributed by atoms with Crippen molar-refractivity contribution in [3.63, 3.8) is 0 Å². The van der Waals surface area contributed by atoms with Crippen molar-refractivity contribution >= 4 is 39.8 Å². The van der Waals surface area contributed by atoms with Crippen LogP contribution in [0.5, 0.6) is 0 Å². The molecule has 2 amide bonds. The van der Waals surface area contributed by atoms with E-state index in [0.29, 0.717) is 0 Å². The van der Waals surface area contributed by atoms with Gasteiger partial charge in [-0.25, -0.2) is 0 Å². The molecule has 0 fully saturated rings. The molecule has 190 valence electrons. The highest BCUT2D eigenvalue weighted by Gasteiger charge is 2.49. The third-order valence-corrected chi connectivity index (χ3v) is 6.53. The second-order valence-electron chi connectivity index (χ2n) is 8.95. The standard InChI is InChI=1S/C19H32N2O11S/c1-5-10(14(20)24)6-11(15(25)21-18(2,3)9-33(30,31)32)8-19(4,17(28)29)12(16(26)27)7-13(22)23/h10-12H,5-9H2,1-4H3,(H2,20,24)(H,21,25)(H,22,23)(H,26,27)(H,28,29)(H,30,31,32). The Morgan fingerprint density at radius 2 is 1.52 bits per heavy atom. The maximum atomic E-state index is 13.0. The molecular formula is C19H32N2O11S. The van der Waals surface area contributed by atoms with Crippen molar-refractivity contribution in [2.24, 2.45) is 28.9 Å². The number of rotatable bonds is 15. The lowest BCUT2D eigenvalue weighted by molar-refractivity contribution is -0.166. The second-order valence-corrected chi connectivity index (χ2v) is 10.4. The molecule has 0 radical (unpaired) electrons. The molecule has 0 saturated carbocycles. The molecule has 0 aliphatic heterocycles. The minimum atomic E-state index is -4.51. The summed E-state index contributed by atoms with van der Waals surface area (Å²) in [7, 11) is -4.51. The fraction of sp³-hybridized carbons (Fsp3) is 0.737. The van der Waals surface area contributed by atoms with Crippen LogP contribution in [0, 0.1) is 23.2 Å². The van der Waals surface area contributed by atoms with E-state index in [1.807, 2.05) is 0 Å². The molecule has 0 rings (SSSR count). The number of hydrogen-bond acceptors (Lipinski definition) is 7. The van der Waals surface area contributed by atoms with E-state index in [9.17, 15) is 42.6 Å². The number of carbonyl (C=O) groups is 5. The van der Waals surface area contributed by atoms with Gasteiger partial charge in [0.1, 0.15) is 0 Å². The molecule has 4 unspecified atom stereocenters. The normalized spacial score (nSPS) is 16.6. The Hall–Kier alpha value is -2.74. The first kappa shape index (κ1) is 30.3. The fourth-order valence-corrected chi connectivity index (χ4v) is 4.67. The molecule has 0 saturated heterocycles. The average Bonchev–Trinajstić information content (AvgIpc) is 2.59. The molecule has 0 bridgehead atoms. The van der Waals surface area contributed by atoms with Crippen molar-refractivity contribution < 1.29 is 52.3 Å². The van der Waals surface area contributed by atoms with E-state index < -0.39 is 87.1 Å². The number of aliphatic carboxylic acids is 3. The molecule has 0 aliphatic rings. The smallest absolute Gasteiger partial charge is 0.310 e. The van der Waals surface area contributed by atoms with Gasteiger partial charge in [0.15, 0.2) is 0 Å². The highest BCUT2D eigenvalue weighted by molar-refractivity contribution is 7.85. The molecule has 7 N–H and O–H groups in total. The summed E-state index contributed by atoms with van der Waals surface area (Å²) in [5.41, 5.74) is 1.58. The van der Waals surface area contributed by atoms with Crippen LogP contribution in [0.1, 0.15) is 53.4 Å². The third kappa shape index (κ3) is 9.74. The summed E-state index contributed by atoms with van der Waals surface area (Å²) in [5.74, 6) is -11.7. The van der Waals surface area contributed by atoms with Crippen LogP contribution in [0.15, 0.2) is 0 Å². The zero-order valence-electron chi connectivity index (χ0n) is 18.9. The monoisotopic (exact) mass is 496 g/mol. The fourth-order valence-electron chi connectivity index (χ4n) is 3.69. The van der Waals surface area contributed by atoms with E-state index in [-0.39, 0.29) is 12.8 Å². The van der Waals surface area contributed by atoms with Crippen LogP contribution in [0.2, 0.25) is 0 Å². The Balaban J connectivity index is 6.32. The van der Waals surface area contributed by atoms with Gasteiger partial charge in [-0.1, -0.05) is 6.92 Å². The topological polar surface area (TPSA) is 238 Å². The molecule has 0 aliphatic carbocycles. The van der Waals surface area contributed by atoms with Gasteiger partial charge in [-0.15, -0.1) is 0 Å². The van der Waals surface area contributed by atoms with Crippen LogP contribution in [0.4, 0.5) is 0 Å². The summed E-state index contributed by atoms with van der Waals surface area (Å²) in [6, 6.07) is 0. The lowest BCUT2D eigenvalue weighted by atomic mass is 9.68. The van der Waals surface area contributed by atoms with E-state index in [0.717, 1.165) is 6.92 Å². The molecule has 0 aromatic rings. The van der Waals surface area contributed by atoms with Gasteiger partial charge in [-0.3, -0.25) is 28.5 Å². The van der Waals surface area contributed by atoms with Crippen molar-refractivity contribution in [3.05, 3.63) is 0 Å². The molecule has 14 heteroatoms. The number of amides is 2. The summed E-state index contributed by atoms with van der Waals surface area (Å²) in [6.07, 6.45) is -1.82. The predicted molar refractivity (Wildman–Crippen MR) is 113 cm³/mol. The summed E-state index contributed by atoms with van der Waals surface area (Å²) in [4.78, 5) is 59.7. The van der Waals surface area contributed by atoms with E-state index in [1.165, 1.54) is 13.8 Å². The van der Waals surface area contributed by atoms with E-state index in [4.69, 9.17) is 15.4 Å². The lowest BCUT2D eigenvalue weighted by Gasteiger charge is -2.35. The van der Waals surface area contributed by atoms with E-state index >= 15 is 0 Å². The molecule has 0 aromatic heterocycles. The molecule has 0 spiro atoms. The van der Waals surface area contributed by atoms with Crippen molar-refractivity contribution in [2.75, 3.05) is 5.75 Å². The first-order chi connectivity index (χ1) is 14.8. The lowest BCUT2D eigenvalue weighted by Crippen LogP contribution is -2.52. The van der Waals surface area contributed by atoms with Crippen LogP contribution < -0.4 is 11.1 Å². The maximum Gasteiger partial charge on any atom is 0.310 e. The number of nitrogens with two attached hydrogens (primary N) is 1. The number of primary amides is 1. The minimum absolute atomic E-state index is 0.175. The molecule has 13 nitrogen and oxygen atoms in total. The van der Waals surface area contributed by atoms with E-state index in [2.05, 4.69) is 5.32 Å². The summed E-state index contributed by atoms with van der Waals surface area (Å²) >= 11 is 0. The molecule has 4 atom stereocenters. The summed E-state index contributed by atoms with van der Waals surface area (Å²) in [5, 5.41) is 30.7. The molecular weight excluding hydrogens is 464 g/mol. The van der Waals surface area contributed by atoms with Gasteiger partial charge in [0.05, 0.1) is 29.0 Å². The molecule has 0 aromatic carbocycles. The maximum absolute atomic E-state index is 13.0. The van der Waals surface area contributed by atoms with Gasteiger partial charge in [0, 0.05) is 11.8 Å². The zero-order chi connectivity index (χ0) is 26.4. The van der Waals surface area contributed by atoms with E-state index in [1.54, 1.807) is 6.92 Å².